The predicted molar refractivity (Wildman–Crippen MR) is 45.8 cm³/mol. The summed E-state index contributed by atoms with van der Waals surface area (Å²) >= 11 is 0. The number of carbonyl (C=O) groups is 2. The van der Waals surface area contributed by atoms with Gasteiger partial charge < -0.3 is 9.84 Å². The number of aliphatic carboxylic acids is 1. The van der Waals surface area contributed by atoms with Crippen LogP contribution in [0.5, 0.6) is 0 Å². The van der Waals surface area contributed by atoms with Gasteiger partial charge in [-0.05, 0) is 6.92 Å². The van der Waals surface area contributed by atoms with E-state index in [0.29, 0.717) is 5.57 Å². The molecular weight excluding hydrogens is 160 g/mol. The topological polar surface area (TPSA) is 63.6 Å². The molecule has 0 spiro atoms. The van der Waals surface area contributed by atoms with Gasteiger partial charge in [0.15, 0.2) is 0 Å². The maximum atomic E-state index is 10.2. The van der Waals surface area contributed by atoms with E-state index in [1.807, 2.05) is 0 Å². The minimum Gasteiger partial charge on any atom is -0.478 e. The van der Waals surface area contributed by atoms with Gasteiger partial charge in [0.1, 0.15) is 0 Å². The predicted octanol–water partition coefficient (Wildman–Crippen LogP) is 1.10. The molecule has 0 fully saturated rings. The Kier molecular flexibility index (Phi) is 8.18. The molecule has 68 valence electrons. The van der Waals surface area contributed by atoms with Gasteiger partial charge in [0.2, 0.25) is 0 Å². The molecule has 0 aliphatic heterocycles. The maximum absolute atomic E-state index is 10.2. The SMILES string of the molecule is C=C(C)C(=O)OC.C=CC(=O)O.[H+]. The minimum atomic E-state index is -0.981. The van der Waals surface area contributed by atoms with Crippen LogP contribution >= 0.6 is 0 Å². The molecule has 0 aliphatic carbocycles. The van der Waals surface area contributed by atoms with E-state index in [4.69, 9.17) is 5.11 Å². The average molecular weight is 173 g/mol. The van der Waals surface area contributed by atoms with Gasteiger partial charge in [-0.25, -0.2) is 9.59 Å². The Bertz CT molecular complexity index is 198. The van der Waals surface area contributed by atoms with Crippen LogP contribution in [0.2, 0.25) is 0 Å². The third-order valence-corrected chi connectivity index (χ3v) is 0.708. The number of carboxylic acids is 1. The lowest BCUT2D eigenvalue weighted by atomic mass is 10.4. The zero-order valence-corrected chi connectivity index (χ0v) is 7.16. The molecule has 0 heterocycles. The molecule has 0 amide bonds. The van der Waals surface area contributed by atoms with Crippen molar-refractivity contribution in [2.24, 2.45) is 0 Å². The molecule has 0 rings (SSSR count). The van der Waals surface area contributed by atoms with E-state index >= 15 is 0 Å². The fraction of sp³-hybridized carbons (Fsp3) is 0.250. The zero-order chi connectivity index (χ0) is 10.1. The van der Waals surface area contributed by atoms with Crippen molar-refractivity contribution >= 4 is 11.9 Å². The smallest absolute Gasteiger partial charge is 0.478 e. The number of hydrogen-bond acceptors (Lipinski definition) is 3. The summed E-state index contributed by atoms with van der Waals surface area (Å²) in [6.45, 7) is 7.92. The van der Waals surface area contributed by atoms with Crippen LogP contribution < -0.4 is 0 Å². The molecule has 0 aliphatic rings. The Balaban J connectivity index is -0.000000150. The van der Waals surface area contributed by atoms with Crippen molar-refractivity contribution < 1.29 is 20.9 Å². The molecule has 0 aromatic carbocycles. The van der Waals surface area contributed by atoms with Gasteiger partial charge >= 0.3 is 13.4 Å². The van der Waals surface area contributed by atoms with Crippen LogP contribution in [-0.4, -0.2) is 24.2 Å². The Morgan fingerprint density at radius 3 is 1.92 bits per heavy atom. The highest BCUT2D eigenvalue weighted by Crippen LogP contribution is 1.87. The molecular formula is C8H13O4+. The van der Waals surface area contributed by atoms with E-state index in [2.05, 4.69) is 17.9 Å². The van der Waals surface area contributed by atoms with Crippen LogP contribution in [-0.2, 0) is 14.3 Å². The van der Waals surface area contributed by atoms with Crippen LogP contribution in [0.25, 0.3) is 0 Å². The summed E-state index contributed by atoms with van der Waals surface area (Å²) in [6, 6.07) is 0. The second kappa shape index (κ2) is 7.53. The lowest BCUT2D eigenvalue weighted by Crippen LogP contribution is -1.98. The first kappa shape index (κ1) is 13.0. The molecule has 0 aromatic heterocycles. The van der Waals surface area contributed by atoms with Crippen molar-refractivity contribution in [3.63, 3.8) is 0 Å². The summed E-state index contributed by atoms with van der Waals surface area (Å²) in [4.78, 5) is 19.4. The third kappa shape index (κ3) is 11.2. The normalized spacial score (nSPS) is 7.17. The lowest BCUT2D eigenvalue weighted by Gasteiger charge is -1.91. The van der Waals surface area contributed by atoms with Crippen molar-refractivity contribution in [2.45, 2.75) is 6.92 Å². The van der Waals surface area contributed by atoms with Gasteiger partial charge in [-0.3, -0.25) is 0 Å². The van der Waals surface area contributed by atoms with Gasteiger partial charge in [-0.15, -0.1) is 0 Å². The second-order valence-electron chi connectivity index (χ2n) is 1.81. The maximum Gasteiger partial charge on any atom is 1.00 e. The number of ether oxygens (including phenoxy) is 1. The van der Waals surface area contributed by atoms with Gasteiger partial charge in [0, 0.05) is 11.6 Å². The number of rotatable bonds is 2. The molecule has 0 saturated carbocycles. The molecule has 4 nitrogen and oxygen atoms in total. The molecule has 0 unspecified atom stereocenters. The van der Waals surface area contributed by atoms with Crippen LogP contribution in [0.1, 0.15) is 8.35 Å². The summed E-state index contributed by atoms with van der Waals surface area (Å²) in [7, 11) is 1.33. The third-order valence-electron chi connectivity index (χ3n) is 0.708. The molecule has 0 radical (unpaired) electrons. The van der Waals surface area contributed by atoms with Crippen LogP contribution in [0.3, 0.4) is 0 Å². The quantitative estimate of drug-likeness (QED) is 0.501. The zero-order valence-electron chi connectivity index (χ0n) is 8.16. The molecule has 0 bridgehead atoms. The molecule has 12 heavy (non-hydrogen) atoms. The van der Waals surface area contributed by atoms with Gasteiger partial charge in [-0.1, -0.05) is 13.2 Å². The first-order valence-corrected chi connectivity index (χ1v) is 3.04. The van der Waals surface area contributed by atoms with Crippen molar-refractivity contribution in [3.8, 4) is 0 Å². The summed E-state index contributed by atoms with van der Waals surface area (Å²) in [5.74, 6) is -1.33. The van der Waals surface area contributed by atoms with Gasteiger partial charge in [-0.2, -0.15) is 0 Å². The Hall–Kier alpha value is -1.58. The second-order valence-corrected chi connectivity index (χ2v) is 1.81. The van der Waals surface area contributed by atoms with Crippen LogP contribution in [0.4, 0.5) is 0 Å². The van der Waals surface area contributed by atoms with Crippen molar-refractivity contribution in [1.82, 2.24) is 0 Å². The molecule has 0 atom stereocenters. The number of carbonyl (C=O) groups excluding carboxylic acids is 1. The van der Waals surface area contributed by atoms with E-state index in [0.717, 1.165) is 6.08 Å². The molecule has 0 aromatic rings. The summed E-state index contributed by atoms with van der Waals surface area (Å²) in [6.07, 6.45) is 0.833. The van der Waals surface area contributed by atoms with E-state index < -0.39 is 5.97 Å². The fourth-order valence-electron chi connectivity index (χ4n) is 0.174. The van der Waals surface area contributed by atoms with Crippen molar-refractivity contribution in [2.75, 3.05) is 7.11 Å². The molecule has 0 saturated heterocycles. The van der Waals surface area contributed by atoms with Gasteiger partial charge in [0.05, 0.1) is 7.11 Å². The number of hydrogen-bond donors (Lipinski definition) is 1. The Morgan fingerprint density at radius 2 is 1.92 bits per heavy atom. The van der Waals surface area contributed by atoms with Crippen LogP contribution in [0, 0.1) is 0 Å². The lowest BCUT2D eigenvalue weighted by molar-refractivity contribution is -0.136. The van der Waals surface area contributed by atoms with Crippen molar-refractivity contribution in [1.29, 1.82) is 0 Å². The molecule has 1 N–H and O–H groups in total. The first-order chi connectivity index (χ1) is 5.45. The van der Waals surface area contributed by atoms with E-state index in [1.54, 1.807) is 6.92 Å². The van der Waals surface area contributed by atoms with Crippen LogP contribution in [0.15, 0.2) is 24.8 Å². The van der Waals surface area contributed by atoms with Gasteiger partial charge in [0.25, 0.3) is 0 Å². The number of esters is 1. The summed E-state index contributed by atoms with van der Waals surface area (Å²) in [5.41, 5.74) is 0.433. The fourth-order valence-corrected chi connectivity index (χ4v) is 0.174. The number of carboxylic acid groups (broad SMARTS) is 1. The highest BCUT2D eigenvalue weighted by molar-refractivity contribution is 5.86. The standard InChI is InChI=1S/C5H8O2.C3H4O2/c1-4(2)5(6)7-3;1-2-3(4)5/h1H2,2-3H3;2H,1H2,(H,4,5)/p+1. The Morgan fingerprint density at radius 1 is 1.58 bits per heavy atom. The summed E-state index contributed by atoms with van der Waals surface area (Å²) < 4.78 is 4.27. The first-order valence-electron chi connectivity index (χ1n) is 3.04. The highest BCUT2D eigenvalue weighted by Gasteiger charge is 1.95. The largest absolute Gasteiger partial charge is 1.00 e. The monoisotopic (exact) mass is 173 g/mol. The molecule has 4 heteroatoms. The number of methoxy groups -OCH3 is 1. The Labute approximate surface area is 72.6 Å². The average Bonchev–Trinajstić information content (AvgIpc) is 2.04. The minimum absolute atomic E-state index is 0. The highest BCUT2D eigenvalue weighted by atomic mass is 16.5. The van der Waals surface area contributed by atoms with E-state index in [-0.39, 0.29) is 7.40 Å². The van der Waals surface area contributed by atoms with E-state index in [9.17, 15) is 9.59 Å². The van der Waals surface area contributed by atoms with Crippen molar-refractivity contribution in [3.05, 3.63) is 24.8 Å². The summed E-state index contributed by atoms with van der Waals surface area (Å²) in [5, 5.41) is 7.60. The van der Waals surface area contributed by atoms with E-state index in [1.165, 1.54) is 7.11 Å².